The highest BCUT2D eigenvalue weighted by atomic mass is 16.5. The molecule has 0 atom stereocenters. The SMILES string of the molecule is CCCc1cc(C(=O)N2CCC(C(=O)OCC)CC2)n[nH]1. The molecule has 0 radical (unpaired) electrons. The molecule has 6 nitrogen and oxygen atoms in total. The van der Waals surface area contributed by atoms with Crippen LogP contribution in [0.4, 0.5) is 0 Å². The van der Waals surface area contributed by atoms with Crippen LogP contribution in [0.25, 0.3) is 0 Å². The molecule has 2 rings (SSSR count). The Morgan fingerprint density at radius 1 is 1.38 bits per heavy atom. The monoisotopic (exact) mass is 293 g/mol. The molecule has 1 saturated heterocycles. The molecule has 6 heteroatoms. The minimum absolute atomic E-state index is 0.0593. The second kappa shape index (κ2) is 7.24. The number of nitrogens with zero attached hydrogens (tertiary/aromatic N) is 2. The van der Waals surface area contributed by atoms with Crippen LogP contribution < -0.4 is 0 Å². The number of rotatable bonds is 5. The van der Waals surface area contributed by atoms with E-state index in [-0.39, 0.29) is 17.8 Å². The maximum atomic E-state index is 12.3. The van der Waals surface area contributed by atoms with Crippen LogP contribution in [0.15, 0.2) is 6.07 Å². The number of hydrogen-bond donors (Lipinski definition) is 1. The normalized spacial score (nSPS) is 16.0. The van der Waals surface area contributed by atoms with E-state index in [2.05, 4.69) is 17.1 Å². The third kappa shape index (κ3) is 3.83. The summed E-state index contributed by atoms with van der Waals surface area (Å²) < 4.78 is 5.03. The first-order chi connectivity index (χ1) is 10.2. The van der Waals surface area contributed by atoms with Crippen molar-refractivity contribution in [1.29, 1.82) is 0 Å². The number of likely N-dealkylation sites (tertiary alicyclic amines) is 1. The molecule has 0 aromatic carbocycles. The highest BCUT2D eigenvalue weighted by Gasteiger charge is 2.29. The van der Waals surface area contributed by atoms with Crippen molar-refractivity contribution in [1.82, 2.24) is 15.1 Å². The number of aromatic nitrogens is 2. The number of aromatic amines is 1. The van der Waals surface area contributed by atoms with Crippen LogP contribution in [-0.4, -0.2) is 46.7 Å². The lowest BCUT2D eigenvalue weighted by Crippen LogP contribution is -2.40. The minimum Gasteiger partial charge on any atom is -0.466 e. The number of nitrogens with one attached hydrogen (secondary N) is 1. The van der Waals surface area contributed by atoms with Gasteiger partial charge in [-0.1, -0.05) is 13.3 Å². The van der Waals surface area contributed by atoms with E-state index in [0.717, 1.165) is 18.5 Å². The number of H-pyrrole nitrogens is 1. The van der Waals surface area contributed by atoms with Gasteiger partial charge in [-0.05, 0) is 32.3 Å². The topological polar surface area (TPSA) is 75.3 Å². The zero-order valence-corrected chi connectivity index (χ0v) is 12.7. The summed E-state index contributed by atoms with van der Waals surface area (Å²) in [7, 11) is 0. The van der Waals surface area contributed by atoms with Crippen molar-refractivity contribution in [2.75, 3.05) is 19.7 Å². The van der Waals surface area contributed by atoms with Crippen molar-refractivity contribution in [3.63, 3.8) is 0 Å². The molecule has 0 spiro atoms. The number of amides is 1. The van der Waals surface area contributed by atoms with E-state index < -0.39 is 0 Å². The lowest BCUT2D eigenvalue weighted by Gasteiger charge is -2.30. The van der Waals surface area contributed by atoms with Gasteiger partial charge in [0.2, 0.25) is 0 Å². The third-order valence-electron chi connectivity index (χ3n) is 3.77. The lowest BCUT2D eigenvalue weighted by molar-refractivity contribution is -0.149. The fourth-order valence-electron chi connectivity index (χ4n) is 2.61. The molecule has 0 saturated carbocycles. The van der Waals surface area contributed by atoms with Gasteiger partial charge in [0.25, 0.3) is 5.91 Å². The van der Waals surface area contributed by atoms with E-state index in [0.29, 0.717) is 38.2 Å². The van der Waals surface area contributed by atoms with Gasteiger partial charge in [-0.25, -0.2) is 0 Å². The minimum atomic E-state index is -0.144. The average molecular weight is 293 g/mol. The van der Waals surface area contributed by atoms with Gasteiger partial charge in [0.1, 0.15) is 5.69 Å². The highest BCUT2D eigenvalue weighted by Crippen LogP contribution is 2.20. The number of hydrogen-bond acceptors (Lipinski definition) is 4. The summed E-state index contributed by atoms with van der Waals surface area (Å²) in [6.07, 6.45) is 3.24. The van der Waals surface area contributed by atoms with E-state index in [4.69, 9.17) is 4.74 Å². The van der Waals surface area contributed by atoms with E-state index >= 15 is 0 Å². The Hall–Kier alpha value is -1.85. The third-order valence-corrected chi connectivity index (χ3v) is 3.77. The second-order valence-electron chi connectivity index (χ2n) is 5.35. The summed E-state index contributed by atoms with van der Waals surface area (Å²) in [5.74, 6) is -0.283. The van der Waals surface area contributed by atoms with Gasteiger partial charge in [-0.2, -0.15) is 5.10 Å². The molecule has 116 valence electrons. The van der Waals surface area contributed by atoms with Crippen LogP contribution in [0, 0.1) is 5.92 Å². The van der Waals surface area contributed by atoms with Crippen LogP contribution in [0.1, 0.15) is 49.3 Å². The van der Waals surface area contributed by atoms with Gasteiger partial charge in [0, 0.05) is 18.8 Å². The quantitative estimate of drug-likeness (QED) is 0.840. The number of esters is 1. The van der Waals surface area contributed by atoms with Gasteiger partial charge in [-0.15, -0.1) is 0 Å². The number of ether oxygens (including phenoxy) is 1. The molecule has 2 heterocycles. The van der Waals surface area contributed by atoms with E-state index in [9.17, 15) is 9.59 Å². The predicted octanol–water partition coefficient (Wildman–Crippen LogP) is 1.78. The average Bonchev–Trinajstić information content (AvgIpc) is 2.96. The molecule has 1 aliphatic heterocycles. The Morgan fingerprint density at radius 3 is 2.71 bits per heavy atom. The number of aryl methyl sites for hydroxylation is 1. The molecule has 1 aliphatic rings. The van der Waals surface area contributed by atoms with E-state index in [1.807, 2.05) is 13.0 Å². The molecule has 0 aliphatic carbocycles. The van der Waals surface area contributed by atoms with Gasteiger partial charge < -0.3 is 9.64 Å². The van der Waals surface area contributed by atoms with Crippen molar-refractivity contribution in [3.05, 3.63) is 17.5 Å². The first-order valence-electron chi connectivity index (χ1n) is 7.65. The molecule has 0 unspecified atom stereocenters. The molecule has 0 bridgehead atoms. The summed E-state index contributed by atoms with van der Waals surface area (Å²) in [6, 6.07) is 1.82. The van der Waals surface area contributed by atoms with Crippen LogP contribution in [0.5, 0.6) is 0 Å². The van der Waals surface area contributed by atoms with Gasteiger partial charge in [-0.3, -0.25) is 14.7 Å². The maximum Gasteiger partial charge on any atom is 0.309 e. The van der Waals surface area contributed by atoms with Crippen molar-refractivity contribution in [2.24, 2.45) is 5.92 Å². The van der Waals surface area contributed by atoms with Crippen LogP contribution in [0.3, 0.4) is 0 Å². The Kier molecular flexibility index (Phi) is 5.36. The maximum absolute atomic E-state index is 12.3. The molecule has 1 amide bonds. The first-order valence-corrected chi connectivity index (χ1v) is 7.65. The van der Waals surface area contributed by atoms with Gasteiger partial charge in [0.15, 0.2) is 0 Å². The predicted molar refractivity (Wildman–Crippen MR) is 77.8 cm³/mol. The Labute approximate surface area is 124 Å². The Balaban J connectivity index is 1.89. The molecule has 1 aromatic heterocycles. The van der Waals surface area contributed by atoms with E-state index in [1.54, 1.807) is 4.90 Å². The zero-order chi connectivity index (χ0) is 15.2. The van der Waals surface area contributed by atoms with Crippen LogP contribution in [0.2, 0.25) is 0 Å². The summed E-state index contributed by atoms with van der Waals surface area (Å²) >= 11 is 0. The van der Waals surface area contributed by atoms with Crippen molar-refractivity contribution in [3.8, 4) is 0 Å². The molecule has 1 fully saturated rings. The largest absolute Gasteiger partial charge is 0.466 e. The zero-order valence-electron chi connectivity index (χ0n) is 12.7. The Morgan fingerprint density at radius 2 is 2.10 bits per heavy atom. The van der Waals surface area contributed by atoms with Gasteiger partial charge in [0.05, 0.1) is 12.5 Å². The number of carbonyl (C=O) groups is 2. The number of piperidine rings is 1. The second-order valence-corrected chi connectivity index (χ2v) is 5.35. The molecular weight excluding hydrogens is 270 g/mol. The first kappa shape index (κ1) is 15.5. The highest BCUT2D eigenvalue weighted by molar-refractivity contribution is 5.92. The lowest BCUT2D eigenvalue weighted by atomic mass is 9.97. The Bertz CT molecular complexity index is 490. The summed E-state index contributed by atoms with van der Waals surface area (Å²) in [4.78, 5) is 25.8. The van der Waals surface area contributed by atoms with Crippen LogP contribution >= 0.6 is 0 Å². The molecule has 1 aromatic rings. The summed E-state index contributed by atoms with van der Waals surface area (Å²) in [5.41, 5.74) is 1.45. The molecule has 21 heavy (non-hydrogen) atoms. The number of carbonyl (C=O) groups excluding carboxylic acids is 2. The van der Waals surface area contributed by atoms with E-state index in [1.165, 1.54) is 0 Å². The molecular formula is C15H23N3O3. The fourth-order valence-corrected chi connectivity index (χ4v) is 2.61. The van der Waals surface area contributed by atoms with Gasteiger partial charge >= 0.3 is 5.97 Å². The standard InChI is InChI=1S/C15H23N3O3/c1-3-5-12-10-13(17-16-12)14(19)18-8-6-11(7-9-18)15(20)21-4-2/h10-11H,3-9H2,1-2H3,(H,16,17). The van der Waals surface area contributed by atoms with Crippen molar-refractivity contribution < 1.29 is 14.3 Å². The fraction of sp³-hybridized carbons (Fsp3) is 0.667. The smallest absolute Gasteiger partial charge is 0.309 e. The van der Waals surface area contributed by atoms with Crippen molar-refractivity contribution in [2.45, 2.75) is 39.5 Å². The van der Waals surface area contributed by atoms with Crippen LogP contribution in [-0.2, 0) is 16.0 Å². The summed E-state index contributed by atoms with van der Waals surface area (Å²) in [6.45, 7) is 5.46. The summed E-state index contributed by atoms with van der Waals surface area (Å²) in [5, 5.41) is 6.98. The molecule has 1 N–H and O–H groups in total. The van der Waals surface area contributed by atoms with Crippen molar-refractivity contribution >= 4 is 11.9 Å².